The predicted octanol–water partition coefficient (Wildman–Crippen LogP) is -0.929. The van der Waals surface area contributed by atoms with Crippen molar-refractivity contribution < 1.29 is 24.5 Å². The van der Waals surface area contributed by atoms with Gasteiger partial charge in [0.25, 0.3) is 0 Å². The first-order valence-corrected chi connectivity index (χ1v) is 4.85. The summed E-state index contributed by atoms with van der Waals surface area (Å²) < 4.78 is 4.69. The van der Waals surface area contributed by atoms with Crippen LogP contribution in [0.4, 0.5) is 0 Å². The molecule has 1 atom stereocenters. The number of hydrogen-bond acceptors (Lipinski definition) is 4. The van der Waals surface area contributed by atoms with Crippen molar-refractivity contribution in [2.24, 2.45) is 0 Å². The molecule has 6 heteroatoms. The molecule has 15 heavy (non-hydrogen) atoms. The fourth-order valence-corrected chi connectivity index (χ4v) is 1.66. The van der Waals surface area contributed by atoms with Gasteiger partial charge in [-0.05, 0) is 12.8 Å². The van der Waals surface area contributed by atoms with E-state index in [9.17, 15) is 9.59 Å². The molecule has 0 bridgehead atoms. The van der Waals surface area contributed by atoms with Crippen LogP contribution in [0.25, 0.3) is 0 Å². The molecule has 1 aliphatic heterocycles. The Kier molecular flexibility index (Phi) is 4.51. The van der Waals surface area contributed by atoms with Gasteiger partial charge >= 0.3 is 5.97 Å². The molecule has 1 heterocycles. The number of nitrogens with zero attached hydrogens (tertiary/aromatic N) is 1. The van der Waals surface area contributed by atoms with Crippen molar-refractivity contribution >= 4 is 11.9 Å². The zero-order chi connectivity index (χ0) is 11.3. The van der Waals surface area contributed by atoms with Gasteiger partial charge in [-0.3, -0.25) is 4.79 Å². The average Bonchev–Trinajstić information content (AvgIpc) is 2.64. The molecule has 1 rings (SSSR count). The number of amides is 1. The predicted molar refractivity (Wildman–Crippen MR) is 50.3 cm³/mol. The first kappa shape index (κ1) is 11.9. The second kappa shape index (κ2) is 5.67. The number of carboxylic acid groups (broad SMARTS) is 1. The van der Waals surface area contributed by atoms with E-state index in [1.54, 1.807) is 4.90 Å². The maximum atomic E-state index is 11.5. The van der Waals surface area contributed by atoms with Crippen molar-refractivity contribution in [2.75, 3.05) is 26.4 Å². The first-order chi connectivity index (χ1) is 7.15. The van der Waals surface area contributed by atoms with Crippen LogP contribution in [0.5, 0.6) is 0 Å². The molecule has 0 aromatic heterocycles. The summed E-state index contributed by atoms with van der Waals surface area (Å²) in [6, 6.07) is -0.133. The molecule has 1 saturated heterocycles. The van der Waals surface area contributed by atoms with E-state index >= 15 is 0 Å². The van der Waals surface area contributed by atoms with Gasteiger partial charge < -0.3 is 19.8 Å². The molecule has 0 aromatic carbocycles. The molecule has 1 aliphatic rings. The zero-order valence-electron chi connectivity index (χ0n) is 8.39. The number of aliphatic hydroxyl groups excluding tert-OH is 1. The maximum absolute atomic E-state index is 11.5. The molecule has 0 unspecified atom stereocenters. The summed E-state index contributed by atoms with van der Waals surface area (Å²) in [7, 11) is 0. The number of carbonyl (C=O) groups excluding carboxylic acids is 1. The van der Waals surface area contributed by atoms with Crippen molar-refractivity contribution in [1.29, 1.82) is 0 Å². The third-order valence-corrected chi connectivity index (χ3v) is 2.36. The Hall–Kier alpha value is -1.14. The fraction of sp³-hybridized carbons (Fsp3) is 0.778. The molecule has 0 radical (unpaired) electrons. The summed E-state index contributed by atoms with van der Waals surface area (Å²) in [4.78, 5) is 23.2. The minimum atomic E-state index is -1.09. The summed E-state index contributed by atoms with van der Waals surface area (Å²) in [6.07, 6.45) is 1.66. The molecule has 1 fully saturated rings. The van der Waals surface area contributed by atoms with Crippen LogP contribution in [0, 0.1) is 0 Å². The van der Waals surface area contributed by atoms with Gasteiger partial charge in [-0.25, -0.2) is 4.79 Å². The zero-order valence-corrected chi connectivity index (χ0v) is 8.39. The number of hydrogen-bond donors (Lipinski definition) is 2. The quantitative estimate of drug-likeness (QED) is 0.621. The largest absolute Gasteiger partial charge is 0.480 e. The topological polar surface area (TPSA) is 87.1 Å². The minimum Gasteiger partial charge on any atom is -0.480 e. The maximum Gasteiger partial charge on any atom is 0.329 e. The summed E-state index contributed by atoms with van der Waals surface area (Å²) in [5.41, 5.74) is 0. The molecule has 0 spiro atoms. The van der Waals surface area contributed by atoms with Crippen molar-refractivity contribution in [3.8, 4) is 0 Å². The Labute approximate surface area is 87.4 Å². The number of ether oxygens (including phenoxy) is 1. The Morgan fingerprint density at radius 3 is 2.73 bits per heavy atom. The van der Waals surface area contributed by atoms with E-state index < -0.39 is 12.6 Å². The molecule has 2 N–H and O–H groups in total. The highest BCUT2D eigenvalue weighted by Crippen LogP contribution is 2.16. The van der Waals surface area contributed by atoms with Gasteiger partial charge in [-0.15, -0.1) is 0 Å². The lowest BCUT2D eigenvalue weighted by molar-refractivity contribution is -0.146. The minimum absolute atomic E-state index is 0.0509. The second-order valence-corrected chi connectivity index (χ2v) is 3.45. The lowest BCUT2D eigenvalue weighted by Gasteiger charge is -2.22. The van der Waals surface area contributed by atoms with Gasteiger partial charge in [0.2, 0.25) is 5.91 Å². The number of carboxylic acids is 1. The fourth-order valence-electron chi connectivity index (χ4n) is 1.66. The van der Waals surface area contributed by atoms with Crippen molar-refractivity contribution in [3.63, 3.8) is 0 Å². The van der Waals surface area contributed by atoms with Gasteiger partial charge in [-0.1, -0.05) is 0 Å². The molecule has 86 valence electrons. The molecule has 0 aromatic rings. The van der Waals surface area contributed by atoms with E-state index in [2.05, 4.69) is 4.74 Å². The summed E-state index contributed by atoms with van der Waals surface area (Å²) in [5, 5.41) is 17.3. The average molecular weight is 217 g/mol. The molecular weight excluding hydrogens is 202 g/mol. The highest BCUT2D eigenvalue weighted by molar-refractivity contribution is 5.78. The van der Waals surface area contributed by atoms with E-state index in [4.69, 9.17) is 10.2 Å². The van der Waals surface area contributed by atoms with Crippen LogP contribution < -0.4 is 0 Å². The number of carbonyl (C=O) groups is 2. The van der Waals surface area contributed by atoms with E-state index in [0.717, 1.165) is 12.8 Å². The van der Waals surface area contributed by atoms with Crippen LogP contribution in [-0.4, -0.2) is 59.4 Å². The number of aliphatic hydroxyl groups is 1. The van der Waals surface area contributed by atoms with E-state index in [-0.39, 0.29) is 25.2 Å². The van der Waals surface area contributed by atoms with Crippen LogP contribution in [0.2, 0.25) is 0 Å². The Bertz CT molecular complexity index is 243. The SMILES string of the molecule is O=C(O)COCC(=O)N1CCC[C@H]1CO. The van der Waals surface area contributed by atoms with Crippen molar-refractivity contribution in [1.82, 2.24) is 4.90 Å². The van der Waals surface area contributed by atoms with Crippen LogP contribution in [0.3, 0.4) is 0 Å². The van der Waals surface area contributed by atoms with E-state index in [1.807, 2.05) is 0 Å². The summed E-state index contributed by atoms with van der Waals surface area (Å²) in [6.45, 7) is -0.142. The van der Waals surface area contributed by atoms with Crippen molar-refractivity contribution in [3.05, 3.63) is 0 Å². The first-order valence-electron chi connectivity index (χ1n) is 4.85. The molecule has 0 saturated carbocycles. The lowest BCUT2D eigenvalue weighted by Crippen LogP contribution is -2.40. The monoisotopic (exact) mass is 217 g/mol. The van der Waals surface area contributed by atoms with E-state index in [0.29, 0.717) is 6.54 Å². The molecule has 1 amide bonds. The normalized spacial score (nSPS) is 20.6. The third-order valence-electron chi connectivity index (χ3n) is 2.36. The van der Waals surface area contributed by atoms with Gasteiger partial charge in [0.1, 0.15) is 13.2 Å². The lowest BCUT2D eigenvalue weighted by atomic mass is 10.2. The summed E-state index contributed by atoms with van der Waals surface area (Å²) >= 11 is 0. The third kappa shape index (κ3) is 3.49. The van der Waals surface area contributed by atoms with Gasteiger partial charge in [0.05, 0.1) is 12.6 Å². The van der Waals surface area contributed by atoms with Crippen LogP contribution >= 0.6 is 0 Å². The molecular formula is C9H15NO5. The Morgan fingerprint density at radius 2 is 2.13 bits per heavy atom. The second-order valence-electron chi connectivity index (χ2n) is 3.45. The number of aliphatic carboxylic acids is 1. The Balaban J connectivity index is 2.29. The number of likely N-dealkylation sites (tertiary alicyclic amines) is 1. The van der Waals surface area contributed by atoms with Gasteiger partial charge in [0, 0.05) is 6.54 Å². The smallest absolute Gasteiger partial charge is 0.329 e. The van der Waals surface area contributed by atoms with Crippen LogP contribution in [0.15, 0.2) is 0 Å². The molecule has 6 nitrogen and oxygen atoms in total. The van der Waals surface area contributed by atoms with Crippen LogP contribution in [0.1, 0.15) is 12.8 Å². The van der Waals surface area contributed by atoms with Gasteiger partial charge in [0.15, 0.2) is 0 Å². The Morgan fingerprint density at radius 1 is 1.40 bits per heavy atom. The molecule has 0 aliphatic carbocycles. The van der Waals surface area contributed by atoms with E-state index in [1.165, 1.54) is 0 Å². The van der Waals surface area contributed by atoms with Crippen LogP contribution in [-0.2, 0) is 14.3 Å². The highest BCUT2D eigenvalue weighted by atomic mass is 16.5. The summed E-state index contributed by atoms with van der Waals surface area (Å²) in [5.74, 6) is -1.35. The standard InChI is InChI=1S/C9H15NO5/c11-4-7-2-1-3-10(7)8(12)5-15-6-9(13)14/h7,11H,1-6H2,(H,13,14)/t7-/m0/s1. The van der Waals surface area contributed by atoms with Gasteiger partial charge in [-0.2, -0.15) is 0 Å². The highest BCUT2D eigenvalue weighted by Gasteiger charge is 2.27. The van der Waals surface area contributed by atoms with Crippen molar-refractivity contribution in [2.45, 2.75) is 18.9 Å². The number of rotatable bonds is 5.